The standard InChI is InChI=1S/C25H28N2O8/c1-5-33-24(29)21-20(26-25(30)27-22(21)16-6-8-17(31-3)9-7-16)14-34-23(28)15(2)35-19-12-10-18(32-4)11-13-19/h6-13,15,22H,5,14H2,1-4H3,(H2,26,27,30). The molecule has 0 radical (unpaired) electrons. The minimum Gasteiger partial charge on any atom is -0.497 e. The minimum atomic E-state index is -0.940. The van der Waals surface area contributed by atoms with Crippen molar-refractivity contribution in [1.82, 2.24) is 10.6 Å². The van der Waals surface area contributed by atoms with Crippen molar-refractivity contribution in [3.63, 3.8) is 0 Å². The summed E-state index contributed by atoms with van der Waals surface area (Å²) in [5.74, 6) is 0.408. The Bertz CT molecular complexity index is 1080. The molecule has 10 heteroatoms. The zero-order valence-corrected chi connectivity index (χ0v) is 20.0. The second-order valence-electron chi connectivity index (χ2n) is 7.46. The largest absolute Gasteiger partial charge is 0.497 e. The molecule has 1 heterocycles. The van der Waals surface area contributed by atoms with Crippen LogP contribution < -0.4 is 24.8 Å². The van der Waals surface area contributed by atoms with E-state index in [9.17, 15) is 14.4 Å². The highest BCUT2D eigenvalue weighted by Gasteiger charge is 2.34. The molecule has 35 heavy (non-hydrogen) atoms. The van der Waals surface area contributed by atoms with Crippen LogP contribution >= 0.6 is 0 Å². The van der Waals surface area contributed by atoms with Crippen molar-refractivity contribution in [2.24, 2.45) is 0 Å². The van der Waals surface area contributed by atoms with Gasteiger partial charge in [0.25, 0.3) is 0 Å². The third kappa shape index (κ3) is 6.44. The van der Waals surface area contributed by atoms with Crippen molar-refractivity contribution < 1.29 is 38.1 Å². The highest BCUT2D eigenvalue weighted by atomic mass is 16.6. The van der Waals surface area contributed by atoms with Crippen LogP contribution in [0.2, 0.25) is 0 Å². The number of benzene rings is 2. The van der Waals surface area contributed by atoms with E-state index in [0.29, 0.717) is 22.8 Å². The summed E-state index contributed by atoms with van der Waals surface area (Å²) in [6.45, 7) is 2.98. The van der Waals surface area contributed by atoms with Gasteiger partial charge in [-0.25, -0.2) is 14.4 Å². The number of urea groups is 1. The zero-order valence-electron chi connectivity index (χ0n) is 20.0. The van der Waals surface area contributed by atoms with E-state index in [1.165, 1.54) is 14.0 Å². The molecular formula is C25H28N2O8. The lowest BCUT2D eigenvalue weighted by atomic mass is 9.95. The first-order chi connectivity index (χ1) is 16.9. The van der Waals surface area contributed by atoms with Crippen LogP contribution in [0.5, 0.6) is 17.2 Å². The highest BCUT2D eigenvalue weighted by Crippen LogP contribution is 2.29. The summed E-state index contributed by atoms with van der Waals surface area (Å²) in [4.78, 5) is 37.8. The van der Waals surface area contributed by atoms with E-state index >= 15 is 0 Å². The average molecular weight is 485 g/mol. The molecule has 0 saturated heterocycles. The maximum Gasteiger partial charge on any atom is 0.347 e. The first kappa shape index (κ1) is 25.4. The molecule has 2 unspecified atom stereocenters. The third-order valence-electron chi connectivity index (χ3n) is 5.16. The maximum absolute atomic E-state index is 12.8. The monoisotopic (exact) mass is 484 g/mol. The number of rotatable bonds is 10. The van der Waals surface area contributed by atoms with Gasteiger partial charge in [0.1, 0.15) is 23.9 Å². The summed E-state index contributed by atoms with van der Waals surface area (Å²) in [6, 6.07) is 12.2. The van der Waals surface area contributed by atoms with Crippen LogP contribution in [0.3, 0.4) is 0 Å². The van der Waals surface area contributed by atoms with Crippen molar-refractivity contribution in [2.75, 3.05) is 27.4 Å². The summed E-state index contributed by atoms with van der Waals surface area (Å²) < 4.78 is 26.5. The van der Waals surface area contributed by atoms with Crippen molar-refractivity contribution in [3.8, 4) is 17.2 Å². The summed E-state index contributed by atoms with van der Waals surface area (Å²) in [6.07, 6.45) is -0.940. The maximum atomic E-state index is 12.8. The highest BCUT2D eigenvalue weighted by molar-refractivity contribution is 5.95. The van der Waals surface area contributed by atoms with Gasteiger partial charge in [-0.2, -0.15) is 0 Å². The Morgan fingerprint density at radius 3 is 2.06 bits per heavy atom. The van der Waals surface area contributed by atoms with Gasteiger partial charge in [-0.1, -0.05) is 12.1 Å². The van der Waals surface area contributed by atoms with E-state index in [0.717, 1.165) is 0 Å². The van der Waals surface area contributed by atoms with Crippen LogP contribution in [0.25, 0.3) is 0 Å². The zero-order chi connectivity index (χ0) is 25.4. The Morgan fingerprint density at radius 1 is 0.914 bits per heavy atom. The van der Waals surface area contributed by atoms with Gasteiger partial charge in [-0.05, 0) is 55.8 Å². The number of carbonyl (C=O) groups excluding carboxylic acids is 3. The Kier molecular flexibility index (Phi) is 8.55. The number of esters is 2. The van der Waals surface area contributed by atoms with Crippen LogP contribution in [-0.4, -0.2) is 51.5 Å². The average Bonchev–Trinajstić information content (AvgIpc) is 2.87. The van der Waals surface area contributed by atoms with Crippen LogP contribution in [0.15, 0.2) is 59.8 Å². The summed E-state index contributed by atoms with van der Waals surface area (Å²) >= 11 is 0. The predicted octanol–water partition coefficient (Wildman–Crippen LogP) is 2.89. The summed E-state index contributed by atoms with van der Waals surface area (Å²) in [5, 5.41) is 5.27. The van der Waals surface area contributed by atoms with E-state index in [2.05, 4.69) is 10.6 Å². The lowest BCUT2D eigenvalue weighted by Gasteiger charge is -2.29. The first-order valence-corrected chi connectivity index (χ1v) is 10.9. The Morgan fingerprint density at radius 2 is 1.49 bits per heavy atom. The molecule has 0 bridgehead atoms. The fourth-order valence-electron chi connectivity index (χ4n) is 3.40. The Hall–Kier alpha value is -4.21. The fourth-order valence-corrected chi connectivity index (χ4v) is 3.40. The van der Waals surface area contributed by atoms with E-state index in [4.69, 9.17) is 23.7 Å². The molecule has 0 aromatic heterocycles. The van der Waals surface area contributed by atoms with Crippen LogP contribution in [0, 0.1) is 0 Å². The number of hydrogen-bond donors (Lipinski definition) is 2. The molecule has 2 amide bonds. The molecule has 1 aliphatic rings. The molecule has 2 aromatic rings. The van der Waals surface area contributed by atoms with Crippen molar-refractivity contribution in [3.05, 3.63) is 65.4 Å². The quantitative estimate of drug-likeness (QED) is 0.494. The van der Waals surface area contributed by atoms with Gasteiger partial charge < -0.3 is 34.3 Å². The van der Waals surface area contributed by atoms with Gasteiger partial charge in [0.2, 0.25) is 0 Å². The van der Waals surface area contributed by atoms with E-state index in [1.807, 2.05) is 0 Å². The smallest absolute Gasteiger partial charge is 0.347 e. The van der Waals surface area contributed by atoms with E-state index < -0.39 is 30.1 Å². The Labute approximate surface area is 203 Å². The SMILES string of the molecule is CCOC(=O)C1=C(COC(=O)C(C)Oc2ccc(OC)cc2)NC(=O)NC1c1ccc(OC)cc1. The van der Waals surface area contributed by atoms with Gasteiger partial charge in [0.15, 0.2) is 6.10 Å². The van der Waals surface area contributed by atoms with Crippen molar-refractivity contribution in [1.29, 1.82) is 0 Å². The van der Waals surface area contributed by atoms with E-state index in [-0.39, 0.29) is 24.5 Å². The molecule has 186 valence electrons. The lowest BCUT2D eigenvalue weighted by Crippen LogP contribution is -2.47. The minimum absolute atomic E-state index is 0.123. The number of nitrogens with one attached hydrogen (secondary N) is 2. The number of methoxy groups -OCH3 is 2. The predicted molar refractivity (Wildman–Crippen MR) is 125 cm³/mol. The topological polar surface area (TPSA) is 121 Å². The molecule has 0 saturated carbocycles. The number of amides is 2. The number of hydrogen-bond acceptors (Lipinski definition) is 8. The molecule has 2 N–H and O–H groups in total. The lowest BCUT2D eigenvalue weighted by molar-refractivity contribution is -0.150. The van der Waals surface area contributed by atoms with E-state index in [1.54, 1.807) is 62.6 Å². The fraction of sp³-hybridized carbons (Fsp3) is 0.320. The molecule has 0 aliphatic carbocycles. The van der Waals surface area contributed by atoms with Crippen LogP contribution in [-0.2, 0) is 19.1 Å². The molecular weight excluding hydrogens is 456 g/mol. The van der Waals surface area contributed by atoms with Gasteiger partial charge in [-0.3, -0.25) is 0 Å². The molecule has 0 fully saturated rings. The second kappa shape index (κ2) is 11.8. The second-order valence-corrected chi connectivity index (χ2v) is 7.46. The van der Waals surface area contributed by atoms with Gasteiger partial charge in [0.05, 0.1) is 38.1 Å². The van der Waals surface area contributed by atoms with Crippen LogP contribution in [0.1, 0.15) is 25.5 Å². The molecule has 1 aliphatic heterocycles. The molecule has 2 atom stereocenters. The molecule has 0 spiro atoms. The summed E-state index contributed by atoms with van der Waals surface area (Å²) in [7, 11) is 3.09. The van der Waals surface area contributed by atoms with Gasteiger partial charge >= 0.3 is 18.0 Å². The van der Waals surface area contributed by atoms with Gasteiger partial charge in [0, 0.05) is 0 Å². The van der Waals surface area contributed by atoms with Crippen LogP contribution in [0.4, 0.5) is 4.79 Å². The van der Waals surface area contributed by atoms with Gasteiger partial charge in [-0.15, -0.1) is 0 Å². The molecule has 3 rings (SSSR count). The summed E-state index contributed by atoms with van der Waals surface area (Å²) in [5.41, 5.74) is 0.884. The van der Waals surface area contributed by atoms with Crippen molar-refractivity contribution >= 4 is 18.0 Å². The number of carbonyl (C=O) groups is 3. The Balaban J connectivity index is 1.78. The number of ether oxygens (including phenoxy) is 5. The molecule has 2 aromatic carbocycles. The first-order valence-electron chi connectivity index (χ1n) is 10.9. The molecule has 10 nitrogen and oxygen atoms in total. The normalized spacial score (nSPS) is 15.9. The van der Waals surface area contributed by atoms with Crippen molar-refractivity contribution in [2.45, 2.75) is 26.0 Å². The third-order valence-corrected chi connectivity index (χ3v) is 5.16.